The Morgan fingerprint density at radius 1 is 1.10 bits per heavy atom. The minimum Gasteiger partial charge on any atom is -0.387 e. The first-order chi connectivity index (χ1) is 9.75. The van der Waals surface area contributed by atoms with Gasteiger partial charge in [-0.3, -0.25) is 9.97 Å². The van der Waals surface area contributed by atoms with Crippen molar-refractivity contribution in [3.63, 3.8) is 0 Å². The second-order valence-corrected chi connectivity index (χ2v) is 4.63. The Balaban J connectivity index is 1.81. The second kappa shape index (κ2) is 7.53. The Bertz CT molecular complexity index is 528. The number of hydrogen-bond donors (Lipinski definition) is 2. The van der Waals surface area contributed by atoms with Crippen LogP contribution in [0.1, 0.15) is 24.2 Å². The Morgan fingerprint density at radius 3 is 2.35 bits per heavy atom. The lowest BCUT2D eigenvalue weighted by Gasteiger charge is -2.14. The van der Waals surface area contributed by atoms with Crippen LogP contribution in [0.2, 0.25) is 0 Å². The van der Waals surface area contributed by atoms with Gasteiger partial charge in [-0.1, -0.05) is 12.2 Å². The third-order valence-electron chi connectivity index (χ3n) is 3.01. The molecule has 0 amide bonds. The van der Waals surface area contributed by atoms with Crippen LogP contribution in [-0.2, 0) is 0 Å². The van der Waals surface area contributed by atoms with Gasteiger partial charge in [0.25, 0.3) is 0 Å². The summed E-state index contributed by atoms with van der Waals surface area (Å²) in [5, 5.41) is 13.3. The molecule has 0 aliphatic carbocycles. The summed E-state index contributed by atoms with van der Waals surface area (Å²) in [5.41, 5.74) is 1.99. The van der Waals surface area contributed by atoms with Crippen LogP contribution in [0, 0.1) is 0 Å². The predicted octanol–water partition coefficient (Wildman–Crippen LogP) is 2.20. The lowest BCUT2D eigenvalue weighted by molar-refractivity contribution is 0.173. The number of aliphatic hydroxyl groups excluding tert-OH is 1. The smallest absolute Gasteiger partial charge is 0.0915 e. The Labute approximate surface area is 119 Å². The van der Waals surface area contributed by atoms with E-state index in [-0.39, 0.29) is 6.04 Å². The van der Waals surface area contributed by atoms with Crippen molar-refractivity contribution in [3.05, 3.63) is 66.3 Å². The van der Waals surface area contributed by atoms with Crippen LogP contribution in [0.15, 0.2) is 55.1 Å². The highest BCUT2D eigenvalue weighted by molar-refractivity contribution is 5.48. The summed E-state index contributed by atoms with van der Waals surface area (Å²) < 4.78 is 0. The van der Waals surface area contributed by atoms with Crippen molar-refractivity contribution in [2.45, 2.75) is 19.1 Å². The number of hydrogen-bond acceptors (Lipinski definition) is 4. The third kappa shape index (κ3) is 4.57. The van der Waals surface area contributed by atoms with Crippen LogP contribution in [0.5, 0.6) is 0 Å². The molecular formula is C16H19N3O. The highest BCUT2D eigenvalue weighted by Crippen LogP contribution is 2.10. The van der Waals surface area contributed by atoms with E-state index in [0.717, 1.165) is 11.1 Å². The van der Waals surface area contributed by atoms with Crippen molar-refractivity contribution in [1.29, 1.82) is 0 Å². The molecule has 4 nitrogen and oxygen atoms in total. The van der Waals surface area contributed by atoms with Gasteiger partial charge in [-0.2, -0.15) is 0 Å². The van der Waals surface area contributed by atoms with Gasteiger partial charge in [0.2, 0.25) is 0 Å². The molecule has 20 heavy (non-hydrogen) atoms. The summed E-state index contributed by atoms with van der Waals surface area (Å²) in [5.74, 6) is 0. The minimum atomic E-state index is -0.519. The topological polar surface area (TPSA) is 58.0 Å². The molecule has 4 heteroatoms. The summed E-state index contributed by atoms with van der Waals surface area (Å²) in [6, 6.07) is 7.73. The number of pyridine rings is 2. The Morgan fingerprint density at radius 2 is 1.70 bits per heavy atom. The Hall–Kier alpha value is -2.04. The van der Waals surface area contributed by atoms with Crippen molar-refractivity contribution in [2.75, 3.05) is 6.54 Å². The molecule has 0 saturated carbocycles. The fourth-order valence-electron chi connectivity index (χ4n) is 1.80. The van der Waals surface area contributed by atoms with Gasteiger partial charge < -0.3 is 10.4 Å². The molecular weight excluding hydrogens is 250 g/mol. The molecule has 2 atom stereocenters. The third-order valence-corrected chi connectivity index (χ3v) is 3.01. The van der Waals surface area contributed by atoms with Crippen molar-refractivity contribution in [2.24, 2.45) is 0 Å². The molecule has 0 fully saturated rings. The number of rotatable bonds is 6. The van der Waals surface area contributed by atoms with E-state index in [1.54, 1.807) is 24.8 Å². The van der Waals surface area contributed by atoms with Crippen LogP contribution < -0.4 is 5.32 Å². The molecule has 0 aromatic carbocycles. The summed E-state index contributed by atoms with van der Waals surface area (Å²) in [7, 11) is 0. The van der Waals surface area contributed by atoms with Gasteiger partial charge in [0.1, 0.15) is 0 Å². The molecule has 0 bridgehead atoms. The van der Waals surface area contributed by atoms with Crippen LogP contribution in [0.25, 0.3) is 6.08 Å². The minimum absolute atomic E-state index is 0.180. The SMILES string of the molecule is CC(/C=C/c1ccncc1)NCC(O)c1ccncc1. The van der Waals surface area contributed by atoms with E-state index in [1.165, 1.54) is 0 Å². The maximum Gasteiger partial charge on any atom is 0.0915 e. The zero-order chi connectivity index (χ0) is 14.2. The molecule has 2 N–H and O–H groups in total. The molecule has 0 aliphatic heterocycles. The van der Waals surface area contributed by atoms with Crippen molar-refractivity contribution in [1.82, 2.24) is 15.3 Å². The molecule has 2 aromatic rings. The van der Waals surface area contributed by atoms with E-state index < -0.39 is 6.10 Å². The van der Waals surface area contributed by atoms with Crippen molar-refractivity contribution < 1.29 is 5.11 Å². The largest absolute Gasteiger partial charge is 0.387 e. The first-order valence-electron chi connectivity index (χ1n) is 6.65. The maximum absolute atomic E-state index is 10.0. The molecule has 2 unspecified atom stereocenters. The van der Waals surface area contributed by atoms with E-state index in [4.69, 9.17) is 0 Å². The van der Waals surface area contributed by atoms with Gasteiger partial charge in [-0.25, -0.2) is 0 Å². The monoisotopic (exact) mass is 269 g/mol. The molecule has 0 saturated heterocycles. The first kappa shape index (κ1) is 14.4. The zero-order valence-corrected chi connectivity index (χ0v) is 11.5. The van der Waals surface area contributed by atoms with Crippen molar-refractivity contribution >= 4 is 6.08 Å². The lowest BCUT2D eigenvalue weighted by Crippen LogP contribution is -2.28. The number of nitrogens with one attached hydrogen (secondary N) is 1. The first-order valence-corrected chi connectivity index (χ1v) is 6.65. The molecule has 2 aromatic heterocycles. The summed E-state index contributed by atoms with van der Waals surface area (Å²) in [6.07, 6.45) is 10.5. The van der Waals surface area contributed by atoms with Crippen molar-refractivity contribution in [3.8, 4) is 0 Å². The van der Waals surface area contributed by atoms with E-state index >= 15 is 0 Å². The quantitative estimate of drug-likeness (QED) is 0.844. The Kier molecular flexibility index (Phi) is 5.41. The molecule has 2 heterocycles. The summed E-state index contributed by atoms with van der Waals surface area (Å²) >= 11 is 0. The van der Waals surface area contributed by atoms with E-state index in [0.29, 0.717) is 6.54 Å². The number of nitrogens with zero attached hydrogens (tertiary/aromatic N) is 2. The molecule has 104 valence electrons. The molecule has 0 aliphatic rings. The number of aromatic nitrogens is 2. The van der Waals surface area contributed by atoms with E-state index in [2.05, 4.69) is 28.3 Å². The summed E-state index contributed by atoms with van der Waals surface area (Å²) in [4.78, 5) is 7.92. The van der Waals surface area contributed by atoms with Gasteiger partial charge in [0.15, 0.2) is 0 Å². The van der Waals surface area contributed by atoms with Gasteiger partial charge in [0.05, 0.1) is 6.10 Å². The highest BCUT2D eigenvalue weighted by atomic mass is 16.3. The van der Waals surface area contributed by atoms with Gasteiger partial charge >= 0.3 is 0 Å². The molecule has 0 spiro atoms. The van der Waals surface area contributed by atoms with Crippen LogP contribution >= 0.6 is 0 Å². The fraction of sp³-hybridized carbons (Fsp3) is 0.250. The highest BCUT2D eigenvalue weighted by Gasteiger charge is 2.07. The van der Waals surface area contributed by atoms with Crippen LogP contribution in [-0.4, -0.2) is 27.7 Å². The second-order valence-electron chi connectivity index (χ2n) is 4.63. The van der Waals surface area contributed by atoms with E-state index in [9.17, 15) is 5.11 Å². The van der Waals surface area contributed by atoms with Gasteiger partial charge in [0, 0.05) is 37.4 Å². The lowest BCUT2D eigenvalue weighted by atomic mass is 10.1. The standard InChI is InChI=1S/C16H19N3O/c1-13(2-3-14-4-8-17-9-5-14)19-12-16(20)15-6-10-18-11-7-15/h2-11,13,16,19-20H,12H2,1H3/b3-2+. The fourth-order valence-corrected chi connectivity index (χ4v) is 1.80. The van der Waals surface area contributed by atoms with Crippen LogP contribution in [0.3, 0.4) is 0 Å². The maximum atomic E-state index is 10.0. The average molecular weight is 269 g/mol. The average Bonchev–Trinajstić information content (AvgIpc) is 2.52. The van der Waals surface area contributed by atoms with Gasteiger partial charge in [-0.05, 0) is 42.3 Å². The number of aliphatic hydroxyl groups is 1. The summed E-state index contributed by atoms with van der Waals surface area (Å²) in [6.45, 7) is 2.56. The van der Waals surface area contributed by atoms with E-state index in [1.807, 2.05) is 30.3 Å². The normalized spacial score (nSPS) is 14.3. The van der Waals surface area contributed by atoms with Crippen LogP contribution in [0.4, 0.5) is 0 Å². The van der Waals surface area contributed by atoms with Gasteiger partial charge in [-0.15, -0.1) is 0 Å². The molecule has 2 rings (SSSR count). The zero-order valence-electron chi connectivity index (χ0n) is 11.5. The predicted molar refractivity (Wildman–Crippen MR) is 79.9 cm³/mol. The molecule has 0 radical (unpaired) electrons.